The number of anilines is 1. The molecule has 1 amide bonds. The van der Waals surface area contributed by atoms with Crippen LogP contribution in [0.3, 0.4) is 0 Å². The third-order valence-corrected chi connectivity index (χ3v) is 2.51. The van der Waals surface area contributed by atoms with Crippen LogP contribution in [0, 0.1) is 0 Å². The number of nitrogens with zero attached hydrogens (tertiary/aromatic N) is 3. The summed E-state index contributed by atoms with van der Waals surface area (Å²) in [6.07, 6.45) is 0. The Bertz CT molecular complexity index is 477. The summed E-state index contributed by atoms with van der Waals surface area (Å²) in [6, 6.07) is 2.76. The van der Waals surface area contributed by atoms with Crippen LogP contribution in [-0.4, -0.2) is 54.6 Å². The van der Waals surface area contributed by atoms with Crippen molar-refractivity contribution in [3.05, 3.63) is 22.8 Å². The number of hydrogen-bond acceptors (Lipinski definition) is 4. The van der Waals surface area contributed by atoms with Crippen LogP contribution in [0.4, 0.5) is 5.82 Å². The van der Waals surface area contributed by atoms with Gasteiger partial charge in [-0.3, -0.25) is 4.79 Å². The minimum absolute atomic E-state index is 0.00783. The fourth-order valence-electron chi connectivity index (χ4n) is 1.30. The molecule has 1 heterocycles. The van der Waals surface area contributed by atoms with Crippen molar-refractivity contribution in [2.45, 2.75) is 0 Å². The molecule has 1 rings (SSSR count). The topological polar surface area (TPSA) is 73.7 Å². The van der Waals surface area contributed by atoms with Gasteiger partial charge in [-0.2, -0.15) is 0 Å². The number of rotatable bonds is 4. The van der Waals surface area contributed by atoms with Gasteiger partial charge in [0.05, 0.1) is 6.54 Å². The van der Waals surface area contributed by atoms with Crippen molar-refractivity contribution in [3.63, 3.8) is 0 Å². The van der Waals surface area contributed by atoms with Gasteiger partial charge in [-0.1, -0.05) is 11.6 Å². The Morgan fingerprint density at radius 3 is 2.44 bits per heavy atom. The maximum absolute atomic E-state index is 11.6. The molecule has 0 aromatic carbocycles. The number of aromatic nitrogens is 1. The first-order chi connectivity index (χ1) is 8.32. The van der Waals surface area contributed by atoms with Crippen LogP contribution in [0.15, 0.2) is 12.1 Å². The number of carbonyl (C=O) groups excluding carboxylic acids is 1. The van der Waals surface area contributed by atoms with Gasteiger partial charge >= 0.3 is 5.97 Å². The lowest BCUT2D eigenvalue weighted by Crippen LogP contribution is -2.35. The van der Waals surface area contributed by atoms with Crippen molar-refractivity contribution < 1.29 is 14.7 Å². The van der Waals surface area contributed by atoms with Crippen molar-refractivity contribution in [3.8, 4) is 0 Å². The second-order valence-corrected chi connectivity index (χ2v) is 4.34. The van der Waals surface area contributed by atoms with Crippen molar-refractivity contribution in [1.29, 1.82) is 0 Å². The van der Waals surface area contributed by atoms with E-state index in [4.69, 9.17) is 16.7 Å². The highest BCUT2D eigenvalue weighted by Gasteiger charge is 2.18. The SMILES string of the molecule is CN(C)C(=O)CN(C)c1nc(Cl)ccc1C(=O)O. The van der Waals surface area contributed by atoms with E-state index in [0.717, 1.165) is 0 Å². The Morgan fingerprint density at radius 1 is 1.33 bits per heavy atom. The lowest BCUT2D eigenvalue weighted by molar-refractivity contribution is -0.127. The van der Waals surface area contributed by atoms with Crippen LogP contribution in [0.2, 0.25) is 5.15 Å². The van der Waals surface area contributed by atoms with Gasteiger partial charge in [-0.05, 0) is 12.1 Å². The molecule has 1 aromatic heterocycles. The smallest absolute Gasteiger partial charge is 0.339 e. The predicted molar refractivity (Wildman–Crippen MR) is 68.2 cm³/mol. The number of carboxylic acid groups (broad SMARTS) is 1. The van der Waals surface area contributed by atoms with E-state index in [1.807, 2.05) is 0 Å². The van der Waals surface area contributed by atoms with E-state index in [0.29, 0.717) is 0 Å². The fraction of sp³-hybridized carbons (Fsp3) is 0.364. The molecule has 0 aliphatic heterocycles. The Balaban J connectivity index is 3.04. The molecule has 0 aliphatic carbocycles. The monoisotopic (exact) mass is 271 g/mol. The number of likely N-dealkylation sites (N-methyl/N-ethyl adjacent to an activating group) is 2. The van der Waals surface area contributed by atoms with Crippen LogP contribution in [0.5, 0.6) is 0 Å². The second kappa shape index (κ2) is 5.68. The summed E-state index contributed by atoms with van der Waals surface area (Å²) in [4.78, 5) is 29.4. The van der Waals surface area contributed by atoms with Crippen LogP contribution in [0.25, 0.3) is 0 Å². The standard InChI is InChI=1S/C11H14ClN3O3/c1-14(2)9(16)6-15(3)10-7(11(17)18)4-5-8(12)13-10/h4-5H,6H2,1-3H3,(H,17,18). The summed E-state index contributed by atoms with van der Waals surface area (Å²) in [6.45, 7) is 0.0284. The molecule has 0 fully saturated rings. The van der Waals surface area contributed by atoms with Crippen LogP contribution >= 0.6 is 11.6 Å². The summed E-state index contributed by atoms with van der Waals surface area (Å²) >= 11 is 5.74. The van der Waals surface area contributed by atoms with E-state index < -0.39 is 5.97 Å². The first kappa shape index (κ1) is 14.2. The summed E-state index contributed by atoms with van der Waals surface area (Å²) < 4.78 is 0. The molecule has 1 aromatic rings. The Hall–Kier alpha value is -1.82. The lowest BCUT2D eigenvalue weighted by atomic mass is 10.2. The summed E-state index contributed by atoms with van der Waals surface area (Å²) in [5, 5.41) is 9.22. The van der Waals surface area contributed by atoms with Gasteiger partial charge in [0.15, 0.2) is 0 Å². The number of pyridine rings is 1. The molecular weight excluding hydrogens is 258 g/mol. The molecule has 0 unspecified atom stereocenters. The molecule has 0 saturated heterocycles. The van der Waals surface area contributed by atoms with E-state index in [2.05, 4.69) is 4.98 Å². The quantitative estimate of drug-likeness (QED) is 0.826. The van der Waals surface area contributed by atoms with E-state index in [1.165, 1.54) is 21.9 Å². The largest absolute Gasteiger partial charge is 0.478 e. The number of hydrogen-bond donors (Lipinski definition) is 1. The Morgan fingerprint density at radius 2 is 1.94 bits per heavy atom. The van der Waals surface area contributed by atoms with Crippen LogP contribution in [0.1, 0.15) is 10.4 Å². The Labute approximate surface area is 110 Å². The van der Waals surface area contributed by atoms with Gasteiger partial charge in [0, 0.05) is 21.1 Å². The van der Waals surface area contributed by atoms with E-state index in [-0.39, 0.29) is 29.0 Å². The lowest BCUT2D eigenvalue weighted by Gasteiger charge is -2.21. The molecule has 98 valence electrons. The summed E-state index contributed by atoms with van der Waals surface area (Å²) in [5.74, 6) is -1.10. The molecule has 0 radical (unpaired) electrons. The van der Waals surface area contributed by atoms with Crippen LogP contribution in [-0.2, 0) is 4.79 Å². The summed E-state index contributed by atoms with van der Waals surface area (Å²) in [5.41, 5.74) is 0.00783. The van der Waals surface area contributed by atoms with Crippen molar-refractivity contribution in [2.24, 2.45) is 0 Å². The average molecular weight is 272 g/mol. The number of carboxylic acids is 1. The molecule has 1 N–H and O–H groups in total. The fourth-order valence-corrected chi connectivity index (χ4v) is 1.45. The second-order valence-electron chi connectivity index (χ2n) is 3.95. The third-order valence-electron chi connectivity index (χ3n) is 2.30. The maximum atomic E-state index is 11.6. The molecule has 0 aliphatic rings. The normalized spacial score (nSPS) is 10.0. The van der Waals surface area contributed by atoms with Gasteiger partial charge in [-0.15, -0.1) is 0 Å². The van der Waals surface area contributed by atoms with Crippen LogP contribution < -0.4 is 4.90 Å². The van der Waals surface area contributed by atoms with Crippen molar-refractivity contribution >= 4 is 29.3 Å². The average Bonchev–Trinajstić information content (AvgIpc) is 2.28. The molecule has 0 bridgehead atoms. The number of carbonyl (C=O) groups is 2. The minimum Gasteiger partial charge on any atom is -0.478 e. The zero-order valence-electron chi connectivity index (χ0n) is 10.3. The third kappa shape index (κ3) is 3.33. The summed E-state index contributed by atoms with van der Waals surface area (Å²) in [7, 11) is 4.84. The van der Waals surface area contributed by atoms with Gasteiger partial charge in [0.2, 0.25) is 5.91 Å². The van der Waals surface area contributed by atoms with Gasteiger partial charge in [-0.25, -0.2) is 9.78 Å². The maximum Gasteiger partial charge on any atom is 0.339 e. The first-order valence-corrected chi connectivity index (χ1v) is 5.52. The highest BCUT2D eigenvalue weighted by atomic mass is 35.5. The molecule has 7 heteroatoms. The van der Waals surface area contributed by atoms with E-state index in [9.17, 15) is 9.59 Å². The number of aromatic carboxylic acids is 1. The first-order valence-electron chi connectivity index (χ1n) is 5.14. The zero-order valence-corrected chi connectivity index (χ0v) is 11.1. The molecule has 0 atom stereocenters. The van der Waals surface area contributed by atoms with Crippen molar-refractivity contribution in [1.82, 2.24) is 9.88 Å². The van der Waals surface area contributed by atoms with Gasteiger partial charge in [0.1, 0.15) is 16.5 Å². The highest BCUT2D eigenvalue weighted by Crippen LogP contribution is 2.19. The van der Waals surface area contributed by atoms with Gasteiger partial charge < -0.3 is 14.9 Å². The highest BCUT2D eigenvalue weighted by molar-refractivity contribution is 6.29. The molecule has 6 nitrogen and oxygen atoms in total. The molecule has 0 spiro atoms. The molecule has 0 saturated carbocycles. The Kier molecular flexibility index (Phi) is 4.49. The molecular formula is C11H14ClN3O3. The molecule has 18 heavy (non-hydrogen) atoms. The van der Waals surface area contributed by atoms with E-state index >= 15 is 0 Å². The van der Waals surface area contributed by atoms with Gasteiger partial charge in [0.25, 0.3) is 0 Å². The predicted octanol–water partition coefficient (Wildman–Crippen LogP) is 0.958. The van der Waals surface area contributed by atoms with Crippen molar-refractivity contribution in [2.75, 3.05) is 32.6 Å². The number of halogens is 1. The number of amides is 1. The zero-order chi connectivity index (χ0) is 13.9. The minimum atomic E-state index is -1.11. The van der Waals surface area contributed by atoms with E-state index in [1.54, 1.807) is 21.1 Å².